The normalized spacial score (nSPS) is 11.3. The van der Waals surface area contributed by atoms with Gasteiger partial charge in [0.2, 0.25) is 0 Å². The Labute approximate surface area is 339 Å². The molecule has 0 aliphatic heterocycles. The number of rotatable bonds is 14. The van der Waals surface area contributed by atoms with Crippen LogP contribution in [0.2, 0.25) is 0 Å². The van der Waals surface area contributed by atoms with Gasteiger partial charge in [-0.05, 0) is 77.7 Å². The average Bonchev–Trinajstić information content (AvgIpc) is 3.93. The molecule has 5 aromatic carbocycles. The van der Waals surface area contributed by atoms with E-state index in [1.54, 1.807) is 36.8 Å². The first-order chi connectivity index (χ1) is 28.7. The van der Waals surface area contributed by atoms with Crippen LogP contribution in [0.25, 0.3) is 27.6 Å². The van der Waals surface area contributed by atoms with E-state index in [0.717, 1.165) is 54.3 Å². The van der Waals surface area contributed by atoms with Gasteiger partial charge in [-0.15, -0.1) is 0 Å². The van der Waals surface area contributed by atoms with Crippen molar-refractivity contribution in [2.24, 2.45) is 7.05 Å². The molecule has 3 aromatic heterocycles. The van der Waals surface area contributed by atoms with Crippen LogP contribution in [-0.2, 0) is 26.6 Å². The Morgan fingerprint density at radius 1 is 0.797 bits per heavy atom. The van der Waals surface area contributed by atoms with E-state index in [1.807, 2.05) is 53.0 Å². The van der Waals surface area contributed by atoms with Crippen molar-refractivity contribution in [1.82, 2.24) is 24.2 Å². The second-order valence-electron chi connectivity index (χ2n) is 14.1. The van der Waals surface area contributed by atoms with Gasteiger partial charge in [0.25, 0.3) is 11.8 Å². The van der Waals surface area contributed by atoms with Crippen LogP contribution in [0.3, 0.4) is 0 Å². The number of imidazole rings is 1. The molecule has 3 heterocycles. The molecule has 13 heteroatoms. The third-order valence-electron chi connectivity index (χ3n) is 10.1. The van der Waals surface area contributed by atoms with E-state index < -0.39 is 11.8 Å². The van der Waals surface area contributed by atoms with Crippen molar-refractivity contribution in [3.05, 3.63) is 172 Å². The summed E-state index contributed by atoms with van der Waals surface area (Å²) in [4.78, 5) is 46.6. The zero-order valence-corrected chi connectivity index (χ0v) is 32.7. The summed E-state index contributed by atoms with van der Waals surface area (Å²) in [5.41, 5.74) is 6.33. The summed E-state index contributed by atoms with van der Waals surface area (Å²) in [5, 5.41) is 11.5. The number of carbonyl (C=O) groups is 2. The number of carbonyl (C=O) groups excluding carboxylic acids is 2. The Morgan fingerprint density at radius 3 is 2.34 bits per heavy atom. The predicted molar refractivity (Wildman–Crippen MR) is 226 cm³/mol. The van der Waals surface area contributed by atoms with Gasteiger partial charge in [-0.25, -0.2) is 4.98 Å². The Morgan fingerprint density at radius 2 is 1.56 bits per heavy atom. The second kappa shape index (κ2) is 16.9. The monoisotopic (exact) mass is 787 g/mol. The number of fused-ring (bicyclic) bond motifs is 2. The van der Waals surface area contributed by atoms with Crippen molar-refractivity contribution in [2.45, 2.75) is 19.5 Å². The number of aryl methyl sites for hydroxylation is 1. The largest absolute Gasteiger partial charge is 0.493 e. The first-order valence-corrected chi connectivity index (χ1v) is 19.0. The molecule has 59 heavy (non-hydrogen) atoms. The number of hydrogen-bond donors (Lipinski definition) is 2. The Hall–Kier alpha value is -7.51. The van der Waals surface area contributed by atoms with Crippen LogP contribution < -0.4 is 25.5 Å². The average molecular weight is 788 g/mol. The smallest absolute Gasteiger partial charge is 0.291 e. The third kappa shape index (κ3) is 8.60. The van der Waals surface area contributed by atoms with Crippen molar-refractivity contribution >= 4 is 45.1 Å². The molecule has 8 aromatic rings. The van der Waals surface area contributed by atoms with Crippen molar-refractivity contribution in [1.29, 1.82) is 0 Å². The molecule has 0 atom stereocenters. The Bertz CT molecular complexity index is 2850. The van der Waals surface area contributed by atoms with Gasteiger partial charge in [0.15, 0.2) is 22.7 Å². The van der Waals surface area contributed by atoms with Gasteiger partial charge in [-0.3, -0.25) is 24.0 Å². The lowest BCUT2D eigenvalue weighted by molar-refractivity contribution is 0.0997. The van der Waals surface area contributed by atoms with Crippen LogP contribution in [0.5, 0.6) is 11.5 Å². The maximum Gasteiger partial charge on any atom is 0.291 e. The molecule has 296 valence electrons. The summed E-state index contributed by atoms with van der Waals surface area (Å²) >= 11 is 0. The van der Waals surface area contributed by atoms with Crippen LogP contribution >= 0.6 is 0 Å². The zero-order chi connectivity index (χ0) is 40.9. The molecule has 13 nitrogen and oxygen atoms in total. The summed E-state index contributed by atoms with van der Waals surface area (Å²) < 4.78 is 20.6. The van der Waals surface area contributed by atoms with Gasteiger partial charge in [-0.1, -0.05) is 42.5 Å². The molecule has 0 radical (unpaired) electrons. The van der Waals surface area contributed by atoms with E-state index in [9.17, 15) is 14.4 Å². The van der Waals surface area contributed by atoms with Crippen molar-refractivity contribution < 1.29 is 23.5 Å². The fraction of sp³-hybridized carbons (Fsp3) is 0.152. The molecule has 0 fully saturated rings. The molecule has 2 amide bonds. The molecule has 0 aliphatic rings. The van der Waals surface area contributed by atoms with Crippen LogP contribution in [0, 0.1) is 0 Å². The summed E-state index contributed by atoms with van der Waals surface area (Å²) in [6.45, 7) is 2.25. The van der Waals surface area contributed by atoms with Gasteiger partial charge >= 0.3 is 0 Å². The molecule has 0 saturated heterocycles. The number of hydrogen-bond acceptors (Lipinski definition) is 9. The van der Waals surface area contributed by atoms with Gasteiger partial charge in [-0.2, -0.15) is 5.10 Å². The molecular weight excluding hydrogens is 747 g/mol. The minimum absolute atomic E-state index is 0.112. The highest BCUT2D eigenvalue weighted by Crippen LogP contribution is 2.34. The van der Waals surface area contributed by atoms with Gasteiger partial charge in [0, 0.05) is 68.0 Å². The molecule has 0 unspecified atom stereocenters. The highest BCUT2D eigenvalue weighted by molar-refractivity contribution is 6.12. The lowest BCUT2D eigenvalue weighted by Gasteiger charge is -2.23. The van der Waals surface area contributed by atoms with E-state index in [0.29, 0.717) is 22.6 Å². The summed E-state index contributed by atoms with van der Waals surface area (Å²) in [5.74, 6) is -0.830. The fourth-order valence-electron chi connectivity index (χ4n) is 7.08. The molecular formula is C46H41N7O6. The van der Waals surface area contributed by atoms with Crippen LogP contribution in [0.4, 0.5) is 11.4 Å². The van der Waals surface area contributed by atoms with Gasteiger partial charge in [0.1, 0.15) is 5.58 Å². The first kappa shape index (κ1) is 38.4. The van der Waals surface area contributed by atoms with E-state index >= 15 is 0 Å². The Kier molecular flexibility index (Phi) is 11.0. The SMILES string of the molecule is COc1cc(NC(=O)c2cc(=O)c3ccccc3o2)c(C(=O)Nc2ccc(CCN(Cc3cccc(-n4ccnc4)c3)Cc3ccc4c(cnn4C)c3)cc2)cc1OC. The number of nitrogens with one attached hydrogen (secondary N) is 2. The quantitative estimate of drug-likeness (QED) is 0.114. The summed E-state index contributed by atoms with van der Waals surface area (Å²) in [7, 11) is 4.86. The Balaban J connectivity index is 0.982. The van der Waals surface area contributed by atoms with E-state index in [2.05, 4.69) is 68.1 Å². The molecule has 0 bridgehead atoms. The third-order valence-corrected chi connectivity index (χ3v) is 10.1. The van der Waals surface area contributed by atoms with Crippen LogP contribution in [0.1, 0.15) is 37.6 Å². The molecule has 2 N–H and O–H groups in total. The van der Waals surface area contributed by atoms with Crippen molar-refractivity contribution in [3.8, 4) is 17.2 Å². The number of benzene rings is 5. The maximum atomic E-state index is 13.8. The number of aromatic nitrogens is 4. The number of methoxy groups -OCH3 is 2. The summed E-state index contributed by atoms with van der Waals surface area (Å²) in [6.07, 6.45) is 8.17. The molecule has 0 aliphatic carbocycles. The second-order valence-corrected chi connectivity index (χ2v) is 14.1. The zero-order valence-electron chi connectivity index (χ0n) is 32.7. The number of para-hydroxylation sites is 1. The molecule has 0 spiro atoms. The minimum Gasteiger partial charge on any atom is -0.493 e. The maximum absolute atomic E-state index is 13.8. The lowest BCUT2D eigenvalue weighted by atomic mass is 10.1. The van der Waals surface area contributed by atoms with Gasteiger partial charge in [0.05, 0.1) is 48.9 Å². The van der Waals surface area contributed by atoms with Crippen LogP contribution in [0.15, 0.2) is 143 Å². The predicted octanol–water partition coefficient (Wildman–Crippen LogP) is 7.63. The molecule has 0 saturated carbocycles. The number of nitrogens with zero attached hydrogens (tertiary/aromatic N) is 5. The van der Waals surface area contributed by atoms with E-state index in [1.165, 1.54) is 37.5 Å². The topological polar surface area (TPSA) is 146 Å². The van der Waals surface area contributed by atoms with Gasteiger partial charge < -0.3 is 29.1 Å². The van der Waals surface area contributed by atoms with Crippen molar-refractivity contribution in [3.63, 3.8) is 0 Å². The van der Waals surface area contributed by atoms with Crippen LogP contribution in [-0.4, -0.2) is 56.8 Å². The van der Waals surface area contributed by atoms with Crippen molar-refractivity contribution in [2.75, 3.05) is 31.4 Å². The highest BCUT2D eigenvalue weighted by Gasteiger charge is 2.21. The summed E-state index contributed by atoms with van der Waals surface area (Å²) in [6, 6.07) is 33.4. The van der Waals surface area contributed by atoms with E-state index in [4.69, 9.17) is 13.9 Å². The highest BCUT2D eigenvalue weighted by atomic mass is 16.5. The number of amides is 2. The fourth-order valence-corrected chi connectivity index (χ4v) is 7.08. The standard InChI is InChI=1S/C46H41N7O6/c1-51-39-16-13-32(21-33(39)26-48-51)28-52(27-31-7-6-8-35(22-31)53-20-18-47-29-53)19-17-30-11-14-34(15-12-30)49-45(55)37-23-42(57-2)43(58-3)24-38(37)50-46(56)44-25-40(54)36-9-4-5-10-41(36)59-44/h4-16,18,20-26,29H,17,19,27-28H2,1-3H3,(H,49,55)(H,50,56). The van der Waals surface area contributed by atoms with E-state index in [-0.39, 0.29) is 28.0 Å². The first-order valence-electron chi connectivity index (χ1n) is 19.0. The minimum atomic E-state index is -0.712. The lowest BCUT2D eigenvalue weighted by Crippen LogP contribution is -2.25. The number of ether oxygens (including phenoxy) is 2. The molecule has 8 rings (SSSR count). The number of anilines is 2.